The summed E-state index contributed by atoms with van der Waals surface area (Å²) in [6.45, 7) is 4.24. The number of hydrogen-bond donors (Lipinski definition) is 3. The van der Waals surface area contributed by atoms with Crippen LogP contribution in [0.25, 0.3) is 0 Å². The molecule has 0 atom stereocenters. The van der Waals surface area contributed by atoms with Crippen LogP contribution in [0.3, 0.4) is 0 Å². The number of hydrogen-bond acceptors (Lipinski definition) is 4. The lowest BCUT2D eigenvalue weighted by atomic mass is 9.81. The van der Waals surface area contributed by atoms with Gasteiger partial charge in [-0.1, -0.05) is 19.9 Å². The van der Waals surface area contributed by atoms with Gasteiger partial charge in [-0.3, -0.25) is 9.59 Å². The maximum atomic E-state index is 12.5. The van der Waals surface area contributed by atoms with Crippen LogP contribution in [0.5, 0.6) is 11.5 Å². The van der Waals surface area contributed by atoms with E-state index in [-0.39, 0.29) is 5.91 Å². The first-order valence-electron chi connectivity index (χ1n) is 8.63. The van der Waals surface area contributed by atoms with Crippen molar-refractivity contribution >= 4 is 17.5 Å². The lowest BCUT2D eigenvalue weighted by Gasteiger charge is -2.28. The highest BCUT2D eigenvalue weighted by Crippen LogP contribution is 2.28. The van der Waals surface area contributed by atoms with Crippen molar-refractivity contribution in [2.45, 2.75) is 26.7 Å². The van der Waals surface area contributed by atoms with Crippen LogP contribution >= 0.6 is 0 Å². The van der Waals surface area contributed by atoms with Gasteiger partial charge >= 0.3 is 0 Å². The number of carbonyl (C=O) groups excluding carboxylic acids is 2. The molecule has 0 aliphatic heterocycles. The molecule has 6 heteroatoms. The van der Waals surface area contributed by atoms with E-state index < -0.39 is 11.3 Å². The number of ether oxygens (including phenoxy) is 1. The summed E-state index contributed by atoms with van der Waals surface area (Å²) in [6.07, 6.45) is 1.37. The molecule has 0 aliphatic carbocycles. The molecule has 2 aromatic carbocycles. The molecule has 0 aliphatic rings. The van der Waals surface area contributed by atoms with Crippen molar-refractivity contribution < 1.29 is 14.3 Å². The van der Waals surface area contributed by atoms with Crippen molar-refractivity contribution in [3.63, 3.8) is 0 Å². The molecule has 0 heterocycles. The third kappa shape index (κ3) is 4.40. The molecule has 0 saturated carbocycles. The zero-order chi connectivity index (χ0) is 19.2. The van der Waals surface area contributed by atoms with E-state index in [1.165, 1.54) is 0 Å². The van der Waals surface area contributed by atoms with E-state index in [2.05, 4.69) is 5.32 Å². The molecule has 0 bridgehead atoms. The van der Waals surface area contributed by atoms with Crippen LogP contribution in [0, 0.1) is 5.41 Å². The number of benzene rings is 2. The molecule has 0 fully saturated rings. The summed E-state index contributed by atoms with van der Waals surface area (Å²) in [5.41, 5.74) is 11.6. The number of amides is 2. The minimum Gasteiger partial charge on any atom is -0.457 e. The van der Waals surface area contributed by atoms with E-state index >= 15 is 0 Å². The Morgan fingerprint density at radius 2 is 1.69 bits per heavy atom. The molecule has 2 aromatic rings. The van der Waals surface area contributed by atoms with Gasteiger partial charge in [0.05, 0.1) is 5.41 Å². The molecular weight excluding hydrogens is 330 g/mol. The Labute approximate surface area is 153 Å². The van der Waals surface area contributed by atoms with Crippen molar-refractivity contribution in [3.05, 3.63) is 54.1 Å². The highest BCUT2D eigenvalue weighted by atomic mass is 16.5. The summed E-state index contributed by atoms with van der Waals surface area (Å²) < 4.78 is 5.72. The standard InChI is InChI=1S/C20H25N3O3/c1-3-20(4-2,13-21)19(25)23-15-8-10-16(11-9-15)26-17-7-5-6-14(12-17)18(22)24/h5-12H,3-4,13,21H2,1-2H3,(H2,22,24)(H,23,25). The van der Waals surface area contributed by atoms with Gasteiger partial charge in [-0.2, -0.15) is 0 Å². The van der Waals surface area contributed by atoms with Gasteiger partial charge in [-0.05, 0) is 55.3 Å². The Morgan fingerprint density at radius 3 is 2.23 bits per heavy atom. The fourth-order valence-electron chi connectivity index (χ4n) is 2.67. The summed E-state index contributed by atoms with van der Waals surface area (Å²) >= 11 is 0. The Balaban J connectivity index is 2.08. The highest BCUT2D eigenvalue weighted by molar-refractivity contribution is 5.95. The summed E-state index contributed by atoms with van der Waals surface area (Å²) in [7, 11) is 0. The van der Waals surface area contributed by atoms with Crippen LogP contribution < -0.4 is 21.5 Å². The summed E-state index contributed by atoms with van der Waals surface area (Å²) in [5.74, 6) is 0.509. The van der Waals surface area contributed by atoms with Crippen LogP contribution in [-0.4, -0.2) is 18.4 Å². The number of anilines is 1. The second-order valence-corrected chi connectivity index (χ2v) is 6.16. The van der Waals surface area contributed by atoms with Crippen LogP contribution in [-0.2, 0) is 4.79 Å². The molecule has 2 amide bonds. The summed E-state index contributed by atoms with van der Waals surface area (Å²) in [6, 6.07) is 13.7. The number of nitrogens with one attached hydrogen (secondary N) is 1. The minimum absolute atomic E-state index is 0.0761. The predicted octanol–water partition coefficient (Wildman–Crippen LogP) is 3.28. The van der Waals surface area contributed by atoms with Crippen molar-refractivity contribution in [2.75, 3.05) is 11.9 Å². The smallest absolute Gasteiger partial charge is 0.248 e. The van der Waals surface area contributed by atoms with E-state index in [0.717, 1.165) is 0 Å². The molecule has 0 radical (unpaired) electrons. The molecule has 6 nitrogen and oxygen atoms in total. The minimum atomic E-state index is -0.551. The second kappa shape index (κ2) is 8.49. The van der Waals surface area contributed by atoms with Gasteiger partial charge in [0.2, 0.25) is 11.8 Å². The first-order valence-corrected chi connectivity index (χ1v) is 8.63. The van der Waals surface area contributed by atoms with E-state index in [4.69, 9.17) is 16.2 Å². The van der Waals surface area contributed by atoms with Gasteiger partial charge in [0.15, 0.2) is 0 Å². The molecule has 0 saturated heterocycles. The van der Waals surface area contributed by atoms with Gasteiger partial charge in [-0.25, -0.2) is 0 Å². The Kier molecular flexibility index (Phi) is 6.36. The monoisotopic (exact) mass is 355 g/mol. The zero-order valence-corrected chi connectivity index (χ0v) is 15.1. The fourth-order valence-corrected chi connectivity index (χ4v) is 2.67. The number of primary amides is 1. The molecule has 0 unspecified atom stereocenters. The van der Waals surface area contributed by atoms with Gasteiger partial charge in [0, 0.05) is 17.8 Å². The zero-order valence-electron chi connectivity index (χ0n) is 15.1. The van der Waals surface area contributed by atoms with E-state index in [9.17, 15) is 9.59 Å². The lowest BCUT2D eigenvalue weighted by Crippen LogP contribution is -2.41. The van der Waals surface area contributed by atoms with Crippen LogP contribution in [0.1, 0.15) is 37.0 Å². The van der Waals surface area contributed by atoms with Crippen LogP contribution in [0.4, 0.5) is 5.69 Å². The molecule has 138 valence electrons. The molecular formula is C20H25N3O3. The van der Waals surface area contributed by atoms with Crippen molar-refractivity contribution in [2.24, 2.45) is 16.9 Å². The highest BCUT2D eigenvalue weighted by Gasteiger charge is 2.33. The molecule has 0 spiro atoms. The fraction of sp³-hybridized carbons (Fsp3) is 0.300. The van der Waals surface area contributed by atoms with Gasteiger partial charge in [0.25, 0.3) is 0 Å². The third-order valence-corrected chi connectivity index (χ3v) is 4.69. The largest absolute Gasteiger partial charge is 0.457 e. The first kappa shape index (κ1) is 19.5. The first-order chi connectivity index (χ1) is 12.4. The van der Waals surface area contributed by atoms with Crippen molar-refractivity contribution in [3.8, 4) is 11.5 Å². The van der Waals surface area contributed by atoms with E-state index in [1.54, 1.807) is 48.5 Å². The lowest BCUT2D eigenvalue weighted by molar-refractivity contribution is -0.125. The molecule has 5 N–H and O–H groups in total. The normalized spacial score (nSPS) is 11.0. The maximum Gasteiger partial charge on any atom is 0.248 e. The van der Waals surface area contributed by atoms with Crippen molar-refractivity contribution in [1.82, 2.24) is 0 Å². The predicted molar refractivity (Wildman–Crippen MR) is 102 cm³/mol. The summed E-state index contributed by atoms with van der Waals surface area (Å²) in [4.78, 5) is 23.8. The summed E-state index contributed by atoms with van der Waals surface area (Å²) in [5, 5.41) is 2.92. The van der Waals surface area contributed by atoms with Gasteiger partial charge in [0.1, 0.15) is 11.5 Å². The SMILES string of the molecule is CCC(CC)(CN)C(=O)Nc1ccc(Oc2cccc(C(N)=O)c2)cc1. The molecule has 26 heavy (non-hydrogen) atoms. The van der Waals surface area contributed by atoms with Crippen LogP contribution in [0.15, 0.2) is 48.5 Å². The average Bonchev–Trinajstić information content (AvgIpc) is 2.65. The van der Waals surface area contributed by atoms with E-state index in [0.29, 0.717) is 42.1 Å². The molecule has 2 rings (SSSR count). The number of rotatable bonds is 8. The quantitative estimate of drug-likeness (QED) is 0.675. The third-order valence-electron chi connectivity index (χ3n) is 4.69. The average molecular weight is 355 g/mol. The second-order valence-electron chi connectivity index (χ2n) is 6.16. The topological polar surface area (TPSA) is 107 Å². The Hall–Kier alpha value is -2.86. The Morgan fingerprint density at radius 1 is 1.04 bits per heavy atom. The maximum absolute atomic E-state index is 12.5. The van der Waals surface area contributed by atoms with Crippen LogP contribution in [0.2, 0.25) is 0 Å². The number of nitrogens with two attached hydrogens (primary N) is 2. The Bertz CT molecular complexity index is 760. The van der Waals surface area contributed by atoms with Gasteiger partial charge < -0.3 is 21.5 Å². The van der Waals surface area contributed by atoms with E-state index in [1.807, 2.05) is 13.8 Å². The van der Waals surface area contributed by atoms with Gasteiger partial charge in [-0.15, -0.1) is 0 Å². The van der Waals surface area contributed by atoms with Crippen molar-refractivity contribution in [1.29, 1.82) is 0 Å². The number of carbonyl (C=O) groups is 2. The molecule has 0 aromatic heterocycles.